The van der Waals surface area contributed by atoms with Crippen molar-refractivity contribution in [2.24, 2.45) is 7.05 Å². The van der Waals surface area contributed by atoms with Crippen LogP contribution in [0.1, 0.15) is 13.8 Å². The molecule has 0 unspecified atom stereocenters. The van der Waals surface area contributed by atoms with Crippen molar-refractivity contribution in [3.63, 3.8) is 0 Å². The van der Waals surface area contributed by atoms with Gasteiger partial charge in [0.25, 0.3) is 0 Å². The minimum atomic E-state index is 0.183. The molecule has 114 valence electrons. The molecule has 0 spiro atoms. The van der Waals surface area contributed by atoms with E-state index in [0.717, 1.165) is 11.2 Å². The van der Waals surface area contributed by atoms with Crippen molar-refractivity contribution in [1.82, 2.24) is 19.5 Å². The lowest BCUT2D eigenvalue weighted by Gasteiger charge is -2.13. The third-order valence-electron chi connectivity index (χ3n) is 3.05. The summed E-state index contributed by atoms with van der Waals surface area (Å²) in [5.74, 6) is 0.659. The number of aryl methyl sites for hydroxylation is 1. The highest BCUT2D eigenvalue weighted by atomic mass is 35.5. The van der Waals surface area contributed by atoms with Gasteiger partial charge in [0.1, 0.15) is 5.52 Å². The fourth-order valence-electron chi connectivity index (χ4n) is 2.17. The number of thioether (sulfide) groups is 1. The monoisotopic (exact) mass is 333 g/mol. The number of imidazole rings is 1. The quantitative estimate of drug-likeness (QED) is 0.571. The first-order valence-electron chi connectivity index (χ1n) is 6.92. The number of rotatable bonds is 4. The van der Waals surface area contributed by atoms with Gasteiger partial charge in [0.15, 0.2) is 11.5 Å². The second kappa shape index (κ2) is 6.14. The second-order valence-electron chi connectivity index (χ2n) is 5.16. The molecule has 2 heterocycles. The number of nitrogens with one attached hydrogen (secondary N) is 1. The maximum Gasteiger partial charge on any atom is 0.226 e. The molecule has 0 aliphatic carbocycles. The van der Waals surface area contributed by atoms with E-state index < -0.39 is 0 Å². The Balaban J connectivity index is 2.05. The van der Waals surface area contributed by atoms with E-state index in [1.807, 2.05) is 29.8 Å². The number of aromatic nitrogens is 4. The molecule has 0 amide bonds. The van der Waals surface area contributed by atoms with Crippen molar-refractivity contribution in [2.45, 2.75) is 24.0 Å². The van der Waals surface area contributed by atoms with Gasteiger partial charge in [-0.05, 0) is 23.7 Å². The summed E-state index contributed by atoms with van der Waals surface area (Å²) in [5, 5.41) is 4.05. The van der Waals surface area contributed by atoms with Crippen LogP contribution >= 0.6 is 23.4 Å². The first-order valence-corrected chi connectivity index (χ1v) is 8.17. The van der Waals surface area contributed by atoms with Gasteiger partial charge in [0, 0.05) is 17.2 Å². The van der Waals surface area contributed by atoms with Crippen LogP contribution in [0.15, 0.2) is 35.5 Å². The van der Waals surface area contributed by atoms with E-state index >= 15 is 0 Å². The molecule has 0 aliphatic rings. The Morgan fingerprint density at radius 2 is 2.00 bits per heavy atom. The third kappa shape index (κ3) is 3.03. The number of hydrogen-bond donors (Lipinski definition) is 1. The molecule has 3 aromatic rings. The van der Waals surface area contributed by atoms with Gasteiger partial charge in [-0.3, -0.25) is 0 Å². The molecule has 2 aromatic heterocycles. The zero-order valence-corrected chi connectivity index (χ0v) is 14.1. The summed E-state index contributed by atoms with van der Waals surface area (Å²) in [5.41, 5.74) is 2.41. The molecule has 1 aromatic carbocycles. The highest BCUT2D eigenvalue weighted by molar-refractivity contribution is 8.00. The zero-order chi connectivity index (χ0) is 15.7. The van der Waals surface area contributed by atoms with Crippen LogP contribution in [0.2, 0.25) is 5.28 Å². The maximum atomic E-state index is 6.01. The summed E-state index contributed by atoms with van der Waals surface area (Å²) >= 11 is 7.81. The van der Waals surface area contributed by atoms with Crippen LogP contribution in [0.4, 0.5) is 11.5 Å². The van der Waals surface area contributed by atoms with Gasteiger partial charge in [-0.2, -0.15) is 9.97 Å². The number of anilines is 2. The normalized spacial score (nSPS) is 11.3. The van der Waals surface area contributed by atoms with Gasteiger partial charge in [-0.25, -0.2) is 4.98 Å². The molecule has 0 saturated carbocycles. The number of fused-ring (bicyclic) bond motifs is 1. The van der Waals surface area contributed by atoms with E-state index in [0.29, 0.717) is 16.7 Å². The van der Waals surface area contributed by atoms with E-state index in [1.165, 1.54) is 4.90 Å². The summed E-state index contributed by atoms with van der Waals surface area (Å²) in [4.78, 5) is 13.9. The van der Waals surface area contributed by atoms with E-state index in [2.05, 4.69) is 40.2 Å². The molecule has 0 fully saturated rings. The summed E-state index contributed by atoms with van der Waals surface area (Å²) in [6.07, 6.45) is 1.70. The van der Waals surface area contributed by atoms with Gasteiger partial charge >= 0.3 is 0 Å². The van der Waals surface area contributed by atoms with Gasteiger partial charge in [-0.15, -0.1) is 11.8 Å². The number of para-hydroxylation sites is 1. The SMILES string of the molecule is CC(C)Sc1ccccc1Nc1nc(Cl)nc2ncn(C)c12. The highest BCUT2D eigenvalue weighted by Crippen LogP contribution is 2.33. The van der Waals surface area contributed by atoms with Crippen molar-refractivity contribution >= 4 is 46.0 Å². The van der Waals surface area contributed by atoms with Crippen LogP contribution in [-0.2, 0) is 7.05 Å². The number of benzene rings is 1. The largest absolute Gasteiger partial charge is 0.337 e. The molecular formula is C15H16ClN5S. The Morgan fingerprint density at radius 1 is 1.23 bits per heavy atom. The van der Waals surface area contributed by atoms with Crippen molar-refractivity contribution < 1.29 is 0 Å². The Morgan fingerprint density at radius 3 is 2.77 bits per heavy atom. The van der Waals surface area contributed by atoms with E-state index in [-0.39, 0.29) is 5.28 Å². The lowest BCUT2D eigenvalue weighted by molar-refractivity contribution is 0.945. The molecule has 0 aliphatic heterocycles. The van der Waals surface area contributed by atoms with E-state index in [4.69, 9.17) is 11.6 Å². The molecule has 5 nitrogen and oxygen atoms in total. The highest BCUT2D eigenvalue weighted by Gasteiger charge is 2.13. The predicted octanol–water partition coefficient (Wildman–Crippen LogP) is 4.26. The number of hydrogen-bond acceptors (Lipinski definition) is 5. The zero-order valence-electron chi connectivity index (χ0n) is 12.5. The smallest absolute Gasteiger partial charge is 0.226 e. The average molecular weight is 334 g/mol. The molecule has 0 atom stereocenters. The van der Waals surface area contributed by atoms with Crippen LogP contribution in [0, 0.1) is 0 Å². The Kier molecular flexibility index (Phi) is 4.22. The van der Waals surface area contributed by atoms with Crippen LogP contribution in [-0.4, -0.2) is 24.8 Å². The number of halogens is 1. The van der Waals surface area contributed by atoms with Gasteiger partial charge in [0.05, 0.1) is 12.0 Å². The Bertz CT molecular complexity index is 815. The minimum Gasteiger partial charge on any atom is -0.337 e. The molecule has 0 radical (unpaired) electrons. The number of nitrogens with zero attached hydrogens (tertiary/aromatic N) is 4. The molecule has 1 N–H and O–H groups in total. The van der Waals surface area contributed by atoms with Crippen LogP contribution in [0.3, 0.4) is 0 Å². The molecule has 0 saturated heterocycles. The predicted molar refractivity (Wildman–Crippen MR) is 92.0 cm³/mol. The van der Waals surface area contributed by atoms with Crippen molar-refractivity contribution in [2.75, 3.05) is 5.32 Å². The lowest BCUT2D eigenvalue weighted by Crippen LogP contribution is -2.01. The first kappa shape index (κ1) is 15.1. The topological polar surface area (TPSA) is 55.6 Å². The summed E-state index contributed by atoms with van der Waals surface area (Å²) in [6.45, 7) is 4.34. The fraction of sp³-hybridized carbons (Fsp3) is 0.267. The van der Waals surface area contributed by atoms with Crippen molar-refractivity contribution in [3.05, 3.63) is 35.9 Å². The van der Waals surface area contributed by atoms with E-state index in [9.17, 15) is 0 Å². The molecule has 0 bridgehead atoms. The molecule has 22 heavy (non-hydrogen) atoms. The summed E-state index contributed by atoms with van der Waals surface area (Å²) in [7, 11) is 1.91. The third-order valence-corrected chi connectivity index (χ3v) is 4.30. The standard InChI is InChI=1S/C15H16ClN5S/c1-9(2)22-11-7-5-4-6-10(11)18-14-12-13(17-8-21(12)3)19-15(16)20-14/h4-9H,1-3H3,(H,18,19,20). The van der Waals surface area contributed by atoms with Crippen LogP contribution in [0.25, 0.3) is 11.2 Å². The summed E-state index contributed by atoms with van der Waals surface area (Å²) in [6, 6.07) is 8.15. The average Bonchev–Trinajstić information content (AvgIpc) is 2.82. The summed E-state index contributed by atoms with van der Waals surface area (Å²) < 4.78 is 1.88. The molecular weight excluding hydrogens is 318 g/mol. The minimum absolute atomic E-state index is 0.183. The van der Waals surface area contributed by atoms with Crippen molar-refractivity contribution in [3.8, 4) is 0 Å². The van der Waals surface area contributed by atoms with Crippen LogP contribution < -0.4 is 5.32 Å². The molecule has 3 rings (SSSR count). The first-order chi connectivity index (χ1) is 10.5. The van der Waals surface area contributed by atoms with E-state index in [1.54, 1.807) is 18.1 Å². The second-order valence-corrected chi connectivity index (χ2v) is 7.11. The Labute approximate surface area is 138 Å². The van der Waals surface area contributed by atoms with Gasteiger partial charge < -0.3 is 9.88 Å². The van der Waals surface area contributed by atoms with Gasteiger partial charge in [0.2, 0.25) is 5.28 Å². The lowest BCUT2D eigenvalue weighted by atomic mass is 10.3. The fourth-order valence-corrected chi connectivity index (χ4v) is 3.25. The van der Waals surface area contributed by atoms with Crippen molar-refractivity contribution in [1.29, 1.82) is 0 Å². The Hall–Kier alpha value is -1.79. The van der Waals surface area contributed by atoms with Crippen LogP contribution in [0.5, 0.6) is 0 Å². The maximum absolute atomic E-state index is 6.01. The molecule has 7 heteroatoms. The van der Waals surface area contributed by atoms with Gasteiger partial charge in [-0.1, -0.05) is 26.0 Å².